The zero-order valence-electron chi connectivity index (χ0n) is 16.2. The van der Waals surface area contributed by atoms with Crippen molar-refractivity contribution in [2.24, 2.45) is 17.6 Å². The van der Waals surface area contributed by atoms with Crippen molar-refractivity contribution in [2.45, 2.75) is 46.2 Å². The Balaban J connectivity index is 0.00000625. The molecule has 0 bridgehead atoms. The molecule has 0 saturated carbocycles. The molecular weight excluding hydrogens is 357 g/mol. The number of nitrogens with two attached hydrogens (primary N) is 1. The van der Waals surface area contributed by atoms with Crippen LogP contribution in [0.1, 0.15) is 44.5 Å². The molecule has 1 aromatic carbocycles. The van der Waals surface area contributed by atoms with Gasteiger partial charge in [-0.3, -0.25) is 9.59 Å². The molecule has 3 N–H and O–H groups in total. The van der Waals surface area contributed by atoms with Gasteiger partial charge in [0.05, 0.1) is 0 Å². The summed E-state index contributed by atoms with van der Waals surface area (Å²) in [6.07, 6.45) is 0.705. The normalized spacial score (nSPS) is 13.1. The lowest BCUT2D eigenvalue weighted by Crippen LogP contribution is -2.50. The smallest absolute Gasteiger partial charge is 0.251 e. The third kappa shape index (κ3) is 7.30. The lowest BCUT2D eigenvalue weighted by molar-refractivity contribution is -0.133. The summed E-state index contributed by atoms with van der Waals surface area (Å²) in [7, 11) is 1.72. The largest absolute Gasteiger partial charge is 0.344 e. The molecule has 2 unspecified atom stereocenters. The zero-order valence-corrected chi connectivity index (χ0v) is 17.0. The molecule has 26 heavy (non-hydrogen) atoms. The molecule has 2 atom stereocenters. The highest BCUT2D eigenvalue weighted by molar-refractivity contribution is 5.97. The van der Waals surface area contributed by atoms with Crippen LogP contribution in [0.3, 0.4) is 0 Å². The van der Waals surface area contributed by atoms with Crippen LogP contribution in [0, 0.1) is 17.7 Å². The summed E-state index contributed by atoms with van der Waals surface area (Å²) in [4.78, 5) is 26.6. The van der Waals surface area contributed by atoms with E-state index in [2.05, 4.69) is 5.32 Å². The predicted octanol–water partition coefficient (Wildman–Crippen LogP) is 2.83. The minimum absolute atomic E-state index is 0. The van der Waals surface area contributed by atoms with Gasteiger partial charge in [-0.1, -0.05) is 27.7 Å². The number of benzene rings is 1. The lowest BCUT2D eigenvalue weighted by atomic mass is 10.00. The standard InChI is InChI=1S/C19H30FN3O2.ClH/c1-12(2)16(21)10-11-23(5)19(25)17(13(3)4)22-18(24)14-6-8-15(20)9-7-14;/h6-9,12-13,16-17H,10-11,21H2,1-5H3,(H,22,24);1H. The predicted molar refractivity (Wildman–Crippen MR) is 105 cm³/mol. The van der Waals surface area contributed by atoms with Crippen molar-refractivity contribution in [3.05, 3.63) is 35.6 Å². The number of halogens is 2. The molecule has 1 rings (SSSR count). The van der Waals surface area contributed by atoms with E-state index in [1.165, 1.54) is 24.3 Å². The molecule has 0 radical (unpaired) electrons. The fourth-order valence-electron chi connectivity index (χ4n) is 2.36. The van der Waals surface area contributed by atoms with Gasteiger partial charge in [0.1, 0.15) is 11.9 Å². The van der Waals surface area contributed by atoms with Gasteiger partial charge in [-0.05, 0) is 42.5 Å². The average molecular weight is 388 g/mol. The first-order valence-corrected chi connectivity index (χ1v) is 8.70. The Morgan fingerprint density at radius 1 is 1.12 bits per heavy atom. The minimum Gasteiger partial charge on any atom is -0.344 e. The van der Waals surface area contributed by atoms with Gasteiger partial charge in [-0.2, -0.15) is 0 Å². The van der Waals surface area contributed by atoms with E-state index in [0.717, 1.165) is 0 Å². The Bertz CT molecular complexity index is 579. The summed E-state index contributed by atoms with van der Waals surface area (Å²) < 4.78 is 13.0. The van der Waals surface area contributed by atoms with Crippen LogP contribution in [-0.2, 0) is 4.79 Å². The Morgan fingerprint density at radius 2 is 1.65 bits per heavy atom. The number of carbonyl (C=O) groups is 2. The molecule has 0 aliphatic heterocycles. The first-order chi connectivity index (χ1) is 11.6. The number of rotatable bonds is 8. The Hall–Kier alpha value is -1.66. The minimum atomic E-state index is -0.641. The van der Waals surface area contributed by atoms with Gasteiger partial charge in [0.25, 0.3) is 5.91 Å². The zero-order chi connectivity index (χ0) is 19.1. The number of amides is 2. The summed E-state index contributed by atoms with van der Waals surface area (Å²) in [6, 6.07) is 4.64. The molecule has 0 aromatic heterocycles. The number of nitrogens with one attached hydrogen (secondary N) is 1. The van der Waals surface area contributed by atoms with Crippen LogP contribution >= 0.6 is 12.4 Å². The number of carbonyl (C=O) groups excluding carboxylic acids is 2. The number of likely N-dealkylation sites (N-methyl/N-ethyl adjacent to an activating group) is 1. The van der Waals surface area contributed by atoms with Gasteiger partial charge in [0.2, 0.25) is 5.91 Å². The van der Waals surface area contributed by atoms with E-state index in [1.54, 1.807) is 11.9 Å². The van der Waals surface area contributed by atoms with Crippen molar-refractivity contribution in [3.63, 3.8) is 0 Å². The van der Waals surface area contributed by atoms with E-state index >= 15 is 0 Å². The topological polar surface area (TPSA) is 75.4 Å². The van der Waals surface area contributed by atoms with Gasteiger partial charge >= 0.3 is 0 Å². The van der Waals surface area contributed by atoms with Gasteiger partial charge < -0.3 is 16.0 Å². The molecule has 5 nitrogen and oxygen atoms in total. The van der Waals surface area contributed by atoms with Crippen molar-refractivity contribution >= 4 is 24.2 Å². The van der Waals surface area contributed by atoms with Gasteiger partial charge in [-0.25, -0.2) is 4.39 Å². The maximum Gasteiger partial charge on any atom is 0.251 e. The first-order valence-electron chi connectivity index (χ1n) is 8.70. The van der Waals surface area contributed by atoms with Gasteiger partial charge in [0, 0.05) is 25.2 Å². The highest BCUT2D eigenvalue weighted by Crippen LogP contribution is 2.10. The highest BCUT2D eigenvalue weighted by Gasteiger charge is 2.27. The summed E-state index contributed by atoms with van der Waals surface area (Å²) in [5.74, 6) is -0.671. The second-order valence-corrected chi connectivity index (χ2v) is 7.16. The molecule has 7 heteroatoms. The molecule has 0 fully saturated rings. The maximum absolute atomic E-state index is 13.0. The van der Waals surface area contributed by atoms with E-state index in [-0.39, 0.29) is 36.2 Å². The van der Waals surface area contributed by atoms with Crippen molar-refractivity contribution < 1.29 is 14.0 Å². The van der Waals surface area contributed by atoms with E-state index < -0.39 is 11.9 Å². The fourth-order valence-corrected chi connectivity index (χ4v) is 2.36. The van der Waals surface area contributed by atoms with E-state index in [4.69, 9.17) is 5.73 Å². The average Bonchev–Trinajstić information content (AvgIpc) is 2.56. The van der Waals surface area contributed by atoms with Crippen molar-refractivity contribution in [1.29, 1.82) is 0 Å². The Kier molecular flexibility index (Phi) is 10.4. The van der Waals surface area contributed by atoms with Crippen LogP contribution in [0.15, 0.2) is 24.3 Å². The third-order valence-corrected chi connectivity index (χ3v) is 4.36. The third-order valence-electron chi connectivity index (χ3n) is 4.36. The van der Waals surface area contributed by atoms with E-state index in [0.29, 0.717) is 24.4 Å². The number of nitrogens with zero attached hydrogens (tertiary/aromatic N) is 1. The summed E-state index contributed by atoms with van der Waals surface area (Å²) >= 11 is 0. The lowest BCUT2D eigenvalue weighted by Gasteiger charge is -2.28. The van der Waals surface area contributed by atoms with E-state index in [9.17, 15) is 14.0 Å². The van der Waals surface area contributed by atoms with Crippen molar-refractivity contribution in [2.75, 3.05) is 13.6 Å². The van der Waals surface area contributed by atoms with Crippen LogP contribution in [-0.4, -0.2) is 42.4 Å². The molecule has 0 aliphatic carbocycles. The monoisotopic (exact) mass is 387 g/mol. The maximum atomic E-state index is 13.0. The van der Waals surface area contributed by atoms with Crippen molar-refractivity contribution in [1.82, 2.24) is 10.2 Å². The number of hydrogen-bond acceptors (Lipinski definition) is 3. The molecule has 1 aromatic rings. The summed E-state index contributed by atoms with van der Waals surface area (Å²) in [5, 5.41) is 2.76. The van der Waals surface area contributed by atoms with Crippen LogP contribution in [0.5, 0.6) is 0 Å². The SMILES string of the molecule is CC(C)C(N)CCN(C)C(=O)C(NC(=O)c1ccc(F)cc1)C(C)C.Cl. The highest BCUT2D eigenvalue weighted by atomic mass is 35.5. The Labute approximate surface area is 161 Å². The fraction of sp³-hybridized carbons (Fsp3) is 0.579. The van der Waals surface area contributed by atoms with Crippen LogP contribution < -0.4 is 11.1 Å². The van der Waals surface area contributed by atoms with Gasteiger partial charge in [-0.15, -0.1) is 12.4 Å². The van der Waals surface area contributed by atoms with Crippen LogP contribution in [0.2, 0.25) is 0 Å². The molecular formula is C19H31ClFN3O2. The van der Waals surface area contributed by atoms with Crippen LogP contribution in [0.25, 0.3) is 0 Å². The summed E-state index contributed by atoms with van der Waals surface area (Å²) in [5.41, 5.74) is 6.35. The van der Waals surface area contributed by atoms with Crippen molar-refractivity contribution in [3.8, 4) is 0 Å². The molecule has 0 spiro atoms. The second-order valence-electron chi connectivity index (χ2n) is 7.16. The molecule has 0 heterocycles. The molecule has 148 valence electrons. The van der Waals surface area contributed by atoms with E-state index in [1.807, 2.05) is 27.7 Å². The van der Waals surface area contributed by atoms with Gasteiger partial charge in [0.15, 0.2) is 0 Å². The summed E-state index contributed by atoms with van der Waals surface area (Å²) in [6.45, 7) is 8.38. The number of hydrogen-bond donors (Lipinski definition) is 2. The Morgan fingerprint density at radius 3 is 2.12 bits per heavy atom. The molecule has 2 amide bonds. The van der Waals surface area contributed by atoms with Crippen LogP contribution in [0.4, 0.5) is 4.39 Å². The first kappa shape index (κ1) is 24.3. The quantitative estimate of drug-likeness (QED) is 0.720. The molecule has 0 saturated heterocycles. The second kappa shape index (κ2) is 11.1. The molecule has 0 aliphatic rings.